The third-order valence-corrected chi connectivity index (χ3v) is 7.83. The van der Waals surface area contributed by atoms with Crippen molar-refractivity contribution < 1.29 is 32.2 Å². The van der Waals surface area contributed by atoms with E-state index in [4.69, 9.17) is 9.47 Å². The van der Waals surface area contributed by atoms with Gasteiger partial charge in [0.25, 0.3) is 0 Å². The van der Waals surface area contributed by atoms with Gasteiger partial charge in [-0.25, -0.2) is 22.8 Å². The van der Waals surface area contributed by atoms with Gasteiger partial charge in [-0.15, -0.1) is 0 Å². The van der Waals surface area contributed by atoms with Crippen LogP contribution in [-0.4, -0.2) is 84.8 Å². The average Bonchev–Trinajstić information content (AvgIpc) is 3.44. The molecule has 2 aromatic carbocycles. The maximum Gasteiger partial charge on any atom is 0.413 e. The summed E-state index contributed by atoms with van der Waals surface area (Å²) in [6.45, 7) is 3.75. The van der Waals surface area contributed by atoms with Crippen molar-refractivity contribution in [3.8, 4) is 5.75 Å². The Morgan fingerprint density at radius 2 is 1.82 bits per heavy atom. The molecule has 0 bridgehead atoms. The number of alkyl halides is 1. The maximum atomic E-state index is 16.0. The van der Waals surface area contributed by atoms with Crippen molar-refractivity contribution in [2.24, 2.45) is 0 Å². The molecule has 204 valence electrons. The second kappa shape index (κ2) is 10.7. The molecule has 5 rings (SSSR count). The minimum atomic E-state index is -2.08. The summed E-state index contributed by atoms with van der Waals surface area (Å²) in [4.78, 5) is 29.9. The molecule has 1 N–H and O–H groups in total. The van der Waals surface area contributed by atoms with Gasteiger partial charge in [0.05, 0.1) is 13.2 Å². The lowest BCUT2D eigenvalue weighted by atomic mass is 9.81. The first kappa shape index (κ1) is 26.1. The van der Waals surface area contributed by atoms with Crippen LogP contribution in [0.25, 0.3) is 0 Å². The SMILES string of the molecule is COc1ccc(C(F)N2C(=O)OC3(CCN(CCN4CCNC4=O)CC3)C2Cc2ccc(F)cc2)c(F)c1. The highest BCUT2D eigenvalue weighted by molar-refractivity contribution is 5.76. The molecule has 2 unspecified atom stereocenters. The Hall–Kier alpha value is -3.47. The van der Waals surface area contributed by atoms with E-state index in [0.717, 1.165) is 11.0 Å². The van der Waals surface area contributed by atoms with Gasteiger partial charge in [-0.3, -0.25) is 4.90 Å². The molecule has 0 radical (unpaired) electrons. The average molecular weight is 533 g/mol. The van der Waals surface area contributed by atoms with Gasteiger partial charge < -0.3 is 24.6 Å². The Morgan fingerprint density at radius 3 is 2.45 bits per heavy atom. The van der Waals surface area contributed by atoms with Crippen LogP contribution in [0.2, 0.25) is 0 Å². The lowest BCUT2D eigenvalue weighted by Gasteiger charge is -2.42. The van der Waals surface area contributed by atoms with Gasteiger partial charge in [-0.1, -0.05) is 12.1 Å². The van der Waals surface area contributed by atoms with Crippen molar-refractivity contribution in [2.75, 3.05) is 46.4 Å². The summed E-state index contributed by atoms with van der Waals surface area (Å²) in [6, 6.07) is 8.81. The van der Waals surface area contributed by atoms with Crippen LogP contribution in [0.4, 0.5) is 22.8 Å². The largest absolute Gasteiger partial charge is 0.497 e. The first-order valence-corrected chi connectivity index (χ1v) is 12.8. The van der Waals surface area contributed by atoms with Gasteiger partial charge >= 0.3 is 12.1 Å². The number of piperidine rings is 1. The normalized spacial score (nSPS) is 22.1. The number of hydrogen-bond acceptors (Lipinski definition) is 5. The Labute approximate surface area is 219 Å². The number of amides is 3. The minimum absolute atomic E-state index is 0.0713. The molecule has 3 aliphatic heterocycles. The number of methoxy groups -OCH3 is 1. The first-order chi connectivity index (χ1) is 18.3. The second-order valence-corrected chi connectivity index (χ2v) is 9.97. The van der Waals surface area contributed by atoms with Crippen molar-refractivity contribution in [3.05, 3.63) is 65.2 Å². The van der Waals surface area contributed by atoms with Crippen molar-refractivity contribution >= 4 is 12.1 Å². The number of carbonyl (C=O) groups excluding carboxylic acids is 2. The summed E-state index contributed by atoms with van der Waals surface area (Å²) in [6.07, 6.45) is -1.80. The van der Waals surface area contributed by atoms with Crippen LogP contribution in [0, 0.1) is 11.6 Å². The van der Waals surface area contributed by atoms with Gasteiger partial charge in [-0.05, 0) is 36.2 Å². The van der Waals surface area contributed by atoms with Gasteiger partial charge in [0.15, 0.2) is 0 Å². The van der Waals surface area contributed by atoms with Crippen LogP contribution in [-0.2, 0) is 11.2 Å². The van der Waals surface area contributed by atoms with E-state index in [9.17, 15) is 18.4 Å². The van der Waals surface area contributed by atoms with Crippen molar-refractivity contribution in [1.82, 2.24) is 20.0 Å². The molecule has 3 fully saturated rings. The molecule has 3 aliphatic rings. The highest BCUT2D eigenvalue weighted by Crippen LogP contribution is 2.44. The molecule has 38 heavy (non-hydrogen) atoms. The summed E-state index contributed by atoms with van der Waals surface area (Å²) in [5, 5.41) is 2.79. The van der Waals surface area contributed by atoms with Gasteiger partial charge in [0.2, 0.25) is 6.30 Å². The summed E-state index contributed by atoms with van der Waals surface area (Å²) >= 11 is 0. The topological polar surface area (TPSA) is 74.3 Å². The number of benzene rings is 2. The van der Waals surface area contributed by atoms with E-state index in [0.29, 0.717) is 57.7 Å². The number of nitrogens with one attached hydrogen (secondary N) is 1. The van der Waals surface area contributed by atoms with Crippen molar-refractivity contribution in [2.45, 2.75) is 37.2 Å². The maximum absolute atomic E-state index is 16.0. The molecule has 3 heterocycles. The van der Waals surface area contributed by atoms with Crippen molar-refractivity contribution in [1.29, 1.82) is 0 Å². The fourth-order valence-electron chi connectivity index (χ4n) is 5.61. The summed E-state index contributed by atoms with van der Waals surface area (Å²) in [5.41, 5.74) is -0.561. The van der Waals surface area contributed by atoms with E-state index < -0.39 is 35.7 Å². The van der Waals surface area contributed by atoms with Crippen LogP contribution in [0.15, 0.2) is 42.5 Å². The molecule has 8 nitrogen and oxygen atoms in total. The highest BCUT2D eigenvalue weighted by Gasteiger charge is 2.57. The minimum Gasteiger partial charge on any atom is -0.497 e. The number of carbonyl (C=O) groups is 2. The Balaban J connectivity index is 1.37. The van der Waals surface area contributed by atoms with Gasteiger partial charge in [-0.2, -0.15) is 0 Å². The number of urea groups is 1. The number of likely N-dealkylation sites (tertiary alicyclic amines) is 1. The third-order valence-electron chi connectivity index (χ3n) is 7.83. The molecule has 1 spiro atoms. The molecule has 3 amide bonds. The van der Waals surface area contributed by atoms with E-state index in [1.54, 1.807) is 17.0 Å². The number of halogens is 3. The van der Waals surface area contributed by atoms with Gasteiger partial charge in [0, 0.05) is 63.7 Å². The zero-order chi connectivity index (χ0) is 26.9. The Kier molecular flexibility index (Phi) is 7.38. The molecular weight excluding hydrogens is 501 g/mol. The van der Waals surface area contributed by atoms with E-state index in [1.807, 2.05) is 0 Å². The highest BCUT2D eigenvalue weighted by atomic mass is 19.1. The Bertz CT molecular complexity index is 1170. The second-order valence-electron chi connectivity index (χ2n) is 9.97. The number of ether oxygens (including phenoxy) is 2. The smallest absolute Gasteiger partial charge is 0.413 e. The zero-order valence-electron chi connectivity index (χ0n) is 21.2. The third kappa shape index (κ3) is 5.11. The summed E-state index contributed by atoms with van der Waals surface area (Å²) in [7, 11) is 1.38. The predicted molar refractivity (Wildman–Crippen MR) is 132 cm³/mol. The predicted octanol–water partition coefficient (Wildman–Crippen LogP) is 3.86. The van der Waals surface area contributed by atoms with Gasteiger partial charge in [0.1, 0.15) is 23.0 Å². The zero-order valence-corrected chi connectivity index (χ0v) is 21.2. The molecular formula is C27H31F3N4O4. The molecule has 2 atom stereocenters. The molecule has 2 aromatic rings. The first-order valence-electron chi connectivity index (χ1n) is 12.8. The van der Waals surface area contributed by atoms with Crippen LogP contribution in [0.3, 0.4) is 0 Å². The van der Waals surface area contributed by atoms with Crippen LogP contribution in [0.1, 0.15) is 30.3 Å². The standard InChI is InChI=1S/C27H31F3N4O4/c1-37-20-6-7-21(22(29)17-20)24(30)34-23(16-18-2-4-19(28)5-3-18)27(38-26(34)36)8-11-32(12-9-27)14-15-33-13-10-31-25(33)35/h2-7,17,23-24H,8-16H2,1H3,(H,31,35). The molecule has 0 aromatic heterocycles. The van der Waals surface area contributed by atoms with E-state index >= 15 is 4.39 Å². The van der Waals surface area contributed by atoms with E-state index in [-0.39, 0.29) is 23.8 Å². The lowest BCUT2D eigenvalue weighted by Crippen LogP contribution is -2.54. The summed E-state index contributed by atoms with van der Waals surface area (Å²) in [5.74, 6) is -0.991. The monoisotopic (exact) mass is 532 g/mol. The van der Waals surface area contributed by atoms with Crippen LogP contribution >= 0.6 is 0 Å². The van der Waals surface area contributed by atoms with Crippen molar-refractivity contribution in [3.63, 3.8) is 0 Å². The number of hydrogen-bond donors (Lipinski definition) is 1. The fourth-order valence-corrected chi connectivity index (χ4v) is 5.61. The van der Waals surface area contributed by atoms with E-state index in [2.05, 4.69) is 10.2 Å². The quantitative estimate of drug-likeness (QED) is 0.523. The number of rotatable bonds is 8. The van der Waals surface area contributed by atoms with Crippen LogP contribution < -0.4 is 10.1 Å². The number of nitrogens with zero attached hydrogens (tertiary/aromatic N) is 3. The Morgan fingerprint density at radius 1 is 1.08 bits per heavy atom. The molecule has 11 heteroatoms. The summed E-state index contributed by atoms with van der Waals surface area (Å²) < 4.78 is 55.3. The molecule has 0 saturated carbocycles. The molecule has 3 saturated heterocycles. The fraction of sp³-hybridized carbons (Fsp3) is 0.481. The van der Waals surface area contributed by atoms with E-state index in [1.165, 1.54) is 31.4 Å². The van der Waals surface area contributed by atoms with Crippen LogP contribution in [0.5, 0.6) is 5.75 Å². The molecule has 0 aliphatic carbocycles. The lowest BCUT2D eigenvalue weighted by molar-refractivity contribution is -0.0267.